The summed E-state index contributed by atoms with van der Waals surface area (Å²) in [4.78, 5) is 27.1. The number of amides is 2. The second-order valence-corrected chi connectivity index (χ2v) is 7.31. The highest BCUT2D eigenvalue weighted by Crippen LogP contribution is 2.36. The molecule has 6 heteroatoms. The van der Waals surface area contributed by atoms with Crippen LogP contribution in [0.2, 0.25) is 0 Å². The van der Waals surface area contributed by atoms with Crippen LogP contribution in [-0.4, -0.2) is 29.0 Å². The highest BCUT2D eigenvalue weighted by atomic mass is 32.2. The zero-order valence-corrected chi connectivity index (χ0v) is 14.8. The summed E-state index contributed by atoms with van der Waals surface area (Å²) in [5.74, 6) is -0.168. The molecule has 2 aromatic carbocycles. The summed E-state index contributed by atoms with van der Waals surface area (Å²) in [7, 11) is 1.73. The lowest BCUT2D eigenvalue weighted by atomic mass is 10.1. The summed E-state index contributed by atoms with van der Waals surface area (Å²) in [5, 5.41) is 11.5. The predicted octanol–water partition coefficient (Wildman–Crippen LogP) is 3.26. The van der Waals surface area contributed by atoms with Crippen LogP contribution in [0.1, 0.15) is 28.4 Å². The quantitative estimate of drug-likeness (QED) is 0.921. The molecule has 1 unspecified atom stereocenters. The van der Waals surface area contributed by atoms with Gasteiger partial charge in [-0.15, -0.1) is 11.8 Å². The first-order valence-corrected chi connectivity index (χ1v) is 8.72. The molecule has 1 heterocycles. The Bertz CT molecular complexity index is 871. The van der Waals surface area contributed by atoms with Gasteiger partial charge in [-0.1, -0.05) is 12.1 Å². The van der Waals surface area contributed by atoms with Gasteiger partial charge in [-0.3, -0.25) is 9.59 Å². The van der Waals surface area contributed by atoms with Gasteiger partial charge in [0.2, 0.25) is 5.91 Å². The highest BCUT2D eigenvalue weighted by molar-refractivity contribution is 8.00. The Morgan fingerprint density at radius 2 is 2.00 bits per heavy atom. The molecule has 0 saturated heterocycles. The van der Waals surface area contributed by atoms with Crippen molar-refractivity contribution in [2.75, 3.05) is 12.4 Å². The first kappa shape index (κ1) is 17.1. The number of nitrogens with zero attached hydrogens (tertiary/aromatic N) is 2. The van der Waals surface area contributed by atoms with Crippen LogP contribution < -0.4 is 5.32 Å². The van der Waals surface area contributed by atoms with Crippen molar-refractivity contribution >= 4 is 29.3 Å². The van der Waals surface area contributed by atoms with Gasteiger partial charge in [0.05, 0.1) is 22.6 Å². The fraction of sp³-hybridized carbons (Fsp3) is 0.211. The minimum atomic E-state index is -0.131. The lowest BCUT2D eigenvalue weighted by molar-refractivity contribution is -0.115. The van der Waals surface area contributed by atoms with Crippen LogP contribution >= 0.6 is 11.8 Å². The van der Waals surface area contributed by atoms with Crippen LogP contribution in [0, 0.1) is 11.3 Å². The molecule has 2 aromatic rings. The molecule has 126 valence electrons. The van der Waals surface area contributed by atoms with Crippen molar-refractivity contribution in [3.63, 3.8) is 0 Å². The second-order valence-electron chi connectivity index (χ2n) is 5.93. The van der Waals surface area contributed by atoms with Gasteiger partial charge in [0.1, 0.15) is 0 Å². The van der Waals surface area contributed by atoms with E-state index in [0.29, 0.717) is 23.4 Å². The van der Waals surface area contributed by atoms with Crippen molar-refractivity contribution in [2.45, 2.75) is 23.6 Å². The molecule has 0 spiro atoms. The Morgan fingerprint density at radius 3 is 2.68 bits per heavy atom. The lowest BCUT2D eigenvalue weighted by Gasteiger charge is -2.23. The molecule has 1 atom stereocenters. The monoisotopic (exact) mass is 351 g/mol. The van der Waals surface area contributed by atoms with E-state index in [-0.39, 0.29) is 17.1 Å². The van der Waals surface area contributed by atoms with Crippen LogP contribution in [0.5, 0.6) is 0 Å². The number of hydrogen-bond acceptors (Lipinski definition) is 4. The Morgan fingerprint density at radius 1 is 1.28 bits per heavy atom. The third-order valence-electron chi connectivity index (χ3n) is 4.01. The van der Waals surface area contributed by atoms with Gasteiger partial charge in [0.15, 0.2) is 0 Å². The second kappa shape index (κ2) is 6.99. The minimum Gasteiger partial charge on any atom is -0.337 e. The van der Waals surface area contributed by atoms with Gasteiger partial charge in [-0.05, 0) is 42.8 Å². The van der Waals surface area contributed by atoms with Crippen LogP contribution in [0.4, 0.5) is 5.69 Å². The summed E-state index contributed by atoms with van der Waals surface area (Å²) in [6.07, 6.45) is 0. The van der Waals surface area contributed by atoms with Crippen LogP contribution in [0.15, 0.2) is 47.4 Å². The molecule has 1 aliphatic heterocycles. The molecule has 0 saturated carbocycles. The van der Waals surface area contributed by atoms with E-state index in [1.165, 1.54) is 11.8 Å². The van der Waals surface area contributed by atoms with Crippen molar-refractivity contribution in [1.29, 1.82) is 5.26 Å². The third kappa shape index (κ3) is 3.67. The molecule has 2 amide bonds. The lowest BCUT2D eigenvalue weighted by Crippen LogP contribution is -2.28. The number of carbonyl (C=O) groups excluding carboxylic acids is 2. The predicted molar refractivity (Wildman–Crippen MR) is 97.3 cm³/mol. The number of carbonyl (C=O) groups is 2. The Kier molecular flexibility index (Phi) is 4.77. The van der Waals surface area contributed by atoms with E-state index in [2.05, 4.69) is 11.4 Å². The number of rotatable bonds is 3. The Balaban J connectivity index is 1.75. The maximum absolute atomic E-state index is 12.7. The van der Waals surface area contributed by atoms with Gasteiger partial charge in [-0.2, -0.15) is 5.26 Å². The van der Waals surface area contributed by atoms with Crippen LogP contribution in [0.3, 0.4) is 0 Å². The van der Waals surface area contributed by atoms with E-state index in [0.717, 1.165) is 10.5 Å². The van der Waals surface area contributed by atoms with E-state index >= 15 is 0 Å². The standard InChI is InChI=1S/C19H17N3O2S/c1-12-18(23)21-16-9-15(7-8-17(16)25-12)19(24)22(2)11-14-5-3-13(10-20)4-6-14/h3-9,12H,11H2,1-2H3,(H,21,23). The summed E-state index contributed by atoms with van der Waals surface area (Å²) in [5.41, 5.74) is 2.76. The maximum Gasteiger partial charge on any atom is 0.253 e. The fourth-order valence-electron chi connectivity index (χ4n) is 2.59. The highest BCUT2D eigenvalue weighted by Gasteiger charge is 2.24. The molecule has 0 bridgehead atoms. The first-order chi connectivity index (χ1) is 12.0. The van der Waals surface area contributed by atoms with E-state index in [1.54, 1.807) is 36.2 Å². The van der Waals surface area contributed by atoms with Crippen molar-refractivity contribution in [1.82, 2.24) is 4.90 Å². The molecule has 3 rings (SSSR count). The molecule has 1 aliphatic rings. The molecular weight excluding hydrogens is 334 g/mol. The molecule has 0 radical (unpaired) electrons. The molecule has 1 N–H and O–H groups in total. The van der Waals surface area contributed by atoms with Crippen LogP contribution in [0.25, 0.3) is 0 Å². The zero-order chi connectivity index (χ0) is 18.0. The molecule has 25 heavy (non-hydrogen) atoms. The van der Waals surface area contributed by atoms with E-state index in [1.807, 2.05) is 25.1 Å². The molecule has 5 nitrogen and oxygen atoms in total. The topological polar surface area (TPSA) is 73.2 Å². The average molecular weight is 351 g/mol. The Labute approximate surface area is 150 Å². The Hall–Kier alpha value is -2.78. The van der Waals surface area contributed by atoms with E-state index < -0.39 is 0 Å². The summed E-state index contributed by atoms with van der Waals surface area (Å²) in [6, 6.07) is 14.6. The maximum atomic E-state index is 12.7. The molecular formula is C19H17N3O2S. The molecule has 0 fully saturated rings. The summed E-state index contributed by atoms with van der Waals surface area (Å²) in [6.45, 7) is 2.30. The number of hydrogen-bond donors (Lipinski definition) is 1. The molecule has 0 aliphatic carbocycles. The number of benzene rings is 2. The number of nitrogens with one attached hydrogen (secondary N) is 1. The van der Waals surface area contributed by atoms with Crippen LogP contribution in [-0.2, 0) is 11.3 Å². The summed E-state index contributed by atoms with van der Waals surface area (Å²) < 4.78 is 0. The SMILES string of the molecule is CC1Sc2ccc(C(=O)N(C)Cc3ccc(C#N)cc3)cc2NC1=O. The van der Waals surface area contributed by atoms with E-state index in [9.17, 15) is 9.59 Å². The van der Waals surface area contributed by atoms with Crippen molar-refractivity contribution in [3.05, 3.63) is 59.2 Å². The van der Waals surface area contributed by atoms with Gasteiger partial charge in [0, 0.05) is 24.1 Å². The number of thioether (sulfide) groups is 1. The smallest absolute Gasteiger partial charge is 0.253 e. The van der Waals surface area contributed by atoms with Gasteiger partial charge < -0.3 is 10.2 Å². The van der Waals surface area contributed by atoms with E-state index in [4.69, 9.17) is 5.26 Å². The zero-order valence-electron chi connectivity index (χ0n) is 13.9. The first-order valence-electron chi connectivity index (χ1n) is 7.84. The number of nitriles is 1. The normalized spacial score (nSPS) is 15.7. The number of fused-ring (bicyclic) bond motifs is 1. The number of anilines is 1. The third-order valence-corrected chi connectivity index (χ3v) is 5.18. The average Bonchev–Trinajstić information content (AvgIpc) is 2.62. The fourth-order valence-corrected chi connectivity index (χ4v) is 3.52. The van der Waals surface area contributed by atoms with Gasteiger partial charge in [0.25, 0.3) is 5.91 Å². The van der Waals surface area contributed by atoms with Gasteiger partial charge in [-0.25, -0.2) is 0 Å². The molecule has 0 aromatic heterocycles. The minimum absolute atomic E-state index is 0.0481. The largest absolute Gasteiger partial charge is 0.337 e. The van der Waals surface area contributed by atoms with Crippen molar-refractivity contribution < 1.29 is 9.59 Å². The van der Waals surface area contributed by atoms with Crippen molar-refractivity contribution in [3.8, 4) is 6.07 Å². The van der Waals surface area contributed by atoms with Crippen molar-refractivity contribution in [2.24, 2.45) is 0 Å². The van der Waals surface area contributed by atoms with Gasteiger partial charge >= 0.3 is 0 Å². The summed E-state index contributed by atoms with van der Waals surface area (Å²) >= 11 is 1.49.